The van der Waals surface area contributed by atoms with Crippen LogP contribution in [0.1, 0.15) is 18.0 Å². The van der Waals surface area contributed by atoms with Crippen LogP contribution in [0, 0.1) is 5.82 Å². The lowest BCUT2D eigenvalue weighted by Gasteiger charge is -2.26. The number of morpholine rings is 1. The van der Waals surface area contributed by atoms with E-state index in [0.29, 0.717) is 48.6 Å². The topological polar surface area (TPSA) is 91.2 Å². The minimum atomic E-state index is -2.86. The van der Waals surface area contributed by atoms with E-state index in [1.807, 2.05) is 0 Å². The van der Waals surface area contributed by atoms with Gasteiger partial charge in [0, 0.05) is 38.4 Å². The molecular formula is C22H20BrF3N6O3. The second-order valence-corrected chi connectivity index (χ2v) is 8.87. The maximum Gasteiger partial charge on any atom is 0.329 e. The van der Waals surface area contributed by atoms with E-state index in [4.69, 9.17) is 9.15 Å². The number of nitrogens with zero attached hydrogens (tertiary/aromatic N) is 6. The molecule has 0 N–H and O–H groups in total. The highest BCUT2D eigenvalue weighted by Gasteiger charge is 2.20. The minimum absolute atomic E-state index is 0.0804. The smallest absolute Gasteiger partial charge is 0.329 e. The molecule has 5 rings (SSSR count). The van der Waals surface area contributed by atoms with Crippen molar-refractivity contribution >= 4 is 27.0 Å². The summed E-state index contributed by atoms with van der Waals surface area (Å²) in [5.74, 6) is -1.33. The summed E-state index contributed by atoms with van der Waals surface area (Å²) in [5.41, 5.74) is 1.65. The molecule has 9 nitrogen and oxygen atoms in total. The van der Waals surface area contributed by atoms with Gasteiger partial charge >= 0.3 is 12.1 Å². The Morgan fingerprint density at radius 2 is 1.83 bits per heavy atom. The van der Waals surface area contributed by atoms with Gasteiger partial charge in [-0.15, -0.1) is 10.2 Å². The molecule has 0 amide bonds. The summed E-state index contributed by atoms with van der Waals surface area (Å²) in [4.78, 5) is 19.9. The Kier molecular flexibility index (Phi) is 6.71. The molecule has 35 heavy (non-hydrogen) atoms. The highest BCUT2D eigenvalue weighted by atomic mass is 79.9. The largest absolute Gasteiger partial charge is 0.415 e. The van der Waals surface area contributed by atoms with E-state index in [1.165, 1.54) is 16.8 Å². The maximum absolute atomic E-state index is 14.4. The summed E-state index contributed by atoms with van der Waals surface area (Å²) < 4.78 is 53.5. The number of benzene rings is 1. The molecule has 0 saturated carbocycles. The van der Waals surface area contributed by atoms with Crippen LogP contribution < -0.4 is 5.69 Å². The summed E-state index contributed by atoms with van der Waals surface area (Å²) in [6.07, 6.45) is -1.46. The first-order valence-electron chi connectivity index (χ1n) is 10.9. The molecule has 1 aromatic carbocycles. The first-order chi connectivity index (χ1) is 16.9. The van der Waals surface area contributed by atoms with Gasteiger partial charge in [0.05, 0.1) is 46.5 Å². The Bertz CT molecular complexity index is 1400. The zero-order valence-corrected chi connectivity index (χ0v) is 19.9. The molecule has 0 spiro atoms. The van der Waals surface area contributed by atoms with Crippen LogP contribution in [0.15, 0.2) is 44.1 Å². The predicted octanol–water partition coefficient (Wildman–Crippen LogP) is 3.47. The molecule has 1 saturated heterocycles. The number of hydrogen-bond acceptors (Lipinski definition) is 7. The molecule has 4 heterocycles. The third kappa shape index (κ3) is 4.88. The minimum Gasteiger partial charge on any atom is -0.415 e. The van der Waals surface area contributed by atoms with Crippen LogP contribution in [0.4, 0.5) is 13.2 Å². The standard InChI is InChI=1S/C22H20BrF3N6O3/c23-15-9-17-18(10-16(15)24)32(22(33)31(17)4-3-30-5-7-34-8-6-30)12-14-2-1-13(11-27-14)20-28-29-21(35-20)19(25)26/h1-2,9-11,19H,3-8,12H2. The third-order valence-electron chi connectivity index (χ3n) is 5.82. The Hall–Kier alpha value is -3.03. The Morgan fingerprint density at radius 3 is 2.51 bits per heavy atom. The fourth-order valence-corrected chi connectivity index (χ4v) is 4.32. The van der Waals surface area contributed by atoms with Crippen molar-refractivity contribution in [1.29, 1.82) is 0 Å². The van der Waals surface area contributed by atoms with Crippen molar-refractivity contribution in [2.24, 2.45) is 0 Å². The highest BCUT2D eigenvalue weighted by Crippen LogP contribution is 2.25. The van der Waals surface area contributed by atoms with E-state index in [0.717, 1.165) is 13.1 Å². The van der Waals surface area contributed by atoms with E-state index in [9.17, 15) is 18.0 Å². The van der Waals surface area contributed by atoms with Crippen LogP contribution in [0.3, 0.4) is 0 Å². The maximum atomic E-state index is 14.4. The van der Waals surface area contributed by atoms with Gasteiger partial charge in [-0.3, -0.25) is 19.0 Å². The second-order valence-electron chi connectivity index (χ2n) is 8.01. The molecule has 1 fully saturated rings. The molecule has 3 aromatic heterocycles. The third-order valence-corrected chi connectivity index (χ3v) is 6.43. The average molecular weight is 553 g/mol. The van der Waals surface area contributed by atoms with Crippen molar-refractivity contribution in [2.75, 3.05) is 32.8 Å². The summed E-state index contributed by atoms with van der Waals surface area (Å²) >= 11 is 3.21. The quantitative estimate of drug-likeness (QED) is 0.346. The first kappa shape index (κ1) is 23.7. The van der Waals surface area contributed by atoms with Gasteiger partial charge in [0.1, 0.15) is 5.82 Å². The van der Waals surface area contributed by atoms with Crippen LogP contribution in [-0.4, -0.2) is 62.1 Å². The number of halogens is 4. The Balaban J connectivity index is 1.43. The lowest BCUT2D eigenvalue weighted by Crippen LogP contribution is -2.39. The number of pyridine rings is 1. The molecule has 1 aliphatic heterocycles. The van der Waals surface area contributed by atoms with Crippen molar-refractivity contribution in [2.45, 2.75) is 19.5 Å². The Morgan fingerprint density at radius 1 is 1.06 bits per heavy atom. The van der Waals surface area contributed by atoms with Crippen LogP contribution in [0.25, 0.3) is 22.5 Å². The van der Waals surface area contributed by atoms with Crippen LogP contribution in [0.5, 0.6) is 0 Å². The number of hydrogen-bond donors (Lipinski definition) is 0. The fraction of sp³-hybridized carbons (Fsp3) is 0.364. The van der Waals surface area contributed by atoms with E-state index < -0.39 is 18.1 Å². The number of imidazole rings is 1. The number of ether oxygens (including phenoxy) is 1. The molecule has 0 unspecified atom stereocenters. The summed E-state index contributed by atoms with van der Waals surface area (Å²) in [5, 5.41) is 6.91. The Labute approximate surface area is 205 Å². The molecule has 184 valence electrons. The lowest BCUT2D eigenvalue weighted by molar-refractivity contribution is 0.0364. The number of fused-ring (bicyclic) bond motifs is 1. The molecule has 13 heteroatoms. The lowest BCUT2D eigenvalue weighted by atomic mass is 10.2. The average Bonchev–Trinajstić information content (AvgIpc) is 3.44. The van der Waals surface area contributed by atoms with Gasteiger partial charge in [0.2, 0.25) is 5.89 Å². The van der Waals surface area contributed by atoms with Crippen molar-refractivity contribution in [1.82, 2.24) is 29.2 Å². The summed E-state index contributed by atoms with van der Waals surface area (Å²) in [7, 11) is 0. The zero-order chi connectivity index (χ0) is 24.5. The van der Waals surface area contributed by atoms with Gasteiger partial charge < -0.3 is 9.15 Å². The molecular weight excluding hydrogens is 533 g/mol. The van der Waals surface area contributed by atoms with Gasteiger partial charge in [-0.25, -0.2) is 9.18 Å². The highest BCUT2D eigenvalue weighted by molar-refractivity contribution is 9.10. The van der Waals surface area contributed by atoms with Crippen molar-refractivity contribution in [3.8, 4) is 11.5 Å². The van der Waals surface area contributed by atoms with Crippen molar-refractivity contribution in [3.05, 3.63) is 62.8 Å². The molecule has 0 radical (unpaired) electrons. The van der Waals surface area contributed by atoms with Gasteiger partial charge in [0.25, 0.3) is 5.89 Å². The normalized spacial score (nSPS) is 14.9. The van der Waals surface area contributed by atoms with E-state index in [-0.39, 0.29) is 22.6 Å². The van der Waals surface area contributed by atoms with Gasteiger partial charge in [0.15, 0.2) is 0 Å². The van der Waals surface area contributed by atoms with Gasteiger partial charge in [-0.2, -0.15) is 8.78 Å². The molecule has 0 aliphatic carbocycles. The van der Waals surface area contributed by atoms with Crippen LogP contribution in [-0.2, 0) is 17.8 Å². The fourth-order valence-electron chi connectivity index (χ4n) is 3.99. The molecule has 0 bridgehead atoms. The van der Waals surface area contributed by atoms with Crippen LogP contribution in [0.2, 0.25) is 0 Å². The molecule has 1 aliphatic rings. The SMILES string of the molecule is O=c1n(CCN2CCOCC2)c2cc(Br)c(F)cc2n1Cc1ccc(-c2nnc(C(F)F)o2)cn1. The molecule has 4 aromatic rings. The number of rotatable bonds is 7. The van der Waals surface area contributed by atoms with E-state index in [1.54, 1.807) is 22.8 Å². The van der Waals surface area contributed by atoms with Gasteiger partial charge in [-0.05, 0) is 34.1 Å². The van der Waals surface area contributed by atoms with Crippen molar-refractivity contribution < 1.29 is 22.3 Å². The molecule has 0 atom stereocenters. The predicted molar refractivity (Wildman–Crippen MR) is 123 cm³/mol. The number of alkyl halides is 2. The van der Waals surface area contributed by atoms with E-state index >= 15 is 0 Å². The summed E-state index contributed by atoms with van der Waals surface area (Å²) in [6, 6.07) is 6.14. The van der Waals surface area contributed by atoms with Crippen molar-refractivity contribution in [3.63, 3.8) is 0 Å². The summed E-state index contributed by atoms with van der Waals surface area (Å²) in [6.45, 7) is 4.09. The second kappa shape index (κ2) is 9.91. The first-order valence-corrected chi connectivity index (χ1v) is 11.6. The van der Waals surface area contributed by atoms with Crippen LogP contribution >= 0.6 is 15.9 Å². The number of aromatic nitrogens is 5. The van der Waals surface area contributed by atoms with Gasteiger partial charge in [-0.1, -0.05) is 0 Å². The zero-order valence-electron chi connectivity index (χ0n) is 18.3. The monoisotopic (exact) mass is 552 g/mol. The van der Waals surface area contributed by atoms with E-state index in [2.05, 4.69) is 36.0 Å².